The maximum absolute atomic E-state index is 12.3. The van der Waals surface area contributed by atoms with Crippen molar-refractivity contribution in [1.29, 1.82) is 0 Å². The Hall–Kier alpha value is -1.15. The van der Waals surface area contributed by atoms with E-state index in [-0.39, 0.29) is 5.19 Å². The first-order valence-corrected chi connectivity index (χ1v) is 6.32. The van der Waals surface area contributed by atoms with Crippen LogP contribution in [0, 0.1) is 6.92 Å². The summed E-state index contributed by atoms with van der Waals surface area (Å²) < 4.78 is 43.1. The molecule has 8 heteroatoms. The Morgan fingerprint density at radius 3 is 2.56 bits per heavy atom. The minimum absolute atomic E-state index is 0.132. The Bertz CT molecular complexity index is 570. The Balaban J connectivity index is 2.21. The molecule has 0 saturated heterocycles. The van der Waals surface area contributed by atoms with Gasteiger partial charge in [-0.1, -0.05) is 32.4 Å². The minimum Gasteiger partial charge on any atom is -0.430 e. The SMILES string of the molecule is Cc1cc(Br)ccc1Oc1nnc(C(F)(F)F)s1. The molecule has 0 unspecified atom stereocenters. The van der Waals surface area contributed by atoms with Crippen molar-refractivity contribution in [2.45, 2.75) is 13.1 Å². The fraction of sp³-hybridized carbons (Fsp3) is 0.200. The second-order valence-electron chi connectivity index (χ2n) is 3.38. The summed E-state index contributed by atoms with van der Waals surface area (Å²) in [7, 11) is 0. The average molecular weight is 339 g/mol. The summed E-state index contributed by atoms with van der Waals surface area (Å²) in [4.78, 5) is 0. The highest BCUT2D eigenvalue weighted by Gasteiger charge is 2.36. The van der Waals surface area contributed by atoms with Crippen molar-refractivity contribution in [2.75, 3.05) is 0 Å². The summed E-state index contributed by atoms with van der Waals surface area (Å²) in [5.74, 6) is 0.447. The van der Waals surface area contributed by atoms with Gasteiger partial charge >= 0.3 is 6.18 Å². The highest BCUT2D eigenvalue weighted by molar-refractivity contribution is 9.10. The molecule has 18 heavy (non-hydrogen) atoms. The summed E-state index contributed by atoms with van der Waals surface area (Å²) in [5, 5.41) is 5.24. The third kappa shape index (κ3) is 2.99. The number of benzene rings is 1. The van der Waals surface area contributed by atoms with Gasteiger partial charge in [0.25, 0.3) is 5.19 Å². The monoisotopic (exact) mass is 338 g/mol. The number of nitrogens with zero attached hydrogens (tertiary/aromatic N) is 2. The van der Waals surface area contributed by atoms with E-state index in [4.69, 9.17) is 4.74 Å². The van der Waals surface area contributed by atoms with Gasteiger partial charge in [-0.2, -0.15) is 13.2 Å². The van der Waals surface area contributed by atoms with Crippen LogP contribution in [-0.2, 0) is 6.18 Å². The molecule has 1 aromatic heterocycles. The van der Waals surface area contributed by atoms with E-state index in [2.05, 4.69) is 26.1 Å². The number of halogens is 4. The molecule has 0 aliphatic heterocycles. The van der Waals surface area contributed by atoms with Gasteiger partial charge in [-0.25, -0.2) is 0 Å². The molecule has 1 heterocycles. The predicted octanol–water partition coefficient (Wildman–Crippen LogP) is 4.42. The summed E-state index contributed by atoms with van der Waals surface area (Å²) in [5.41, 5.74) is 0.785. The molecule has 0 radical (unpaired) electrons. The number of alkyl halides is 3. The molecular formula is C10H6BrF3N2OS. The van der Waals surface area contributed by atoms with E-state index < -0.39 is 11.2 Å². The van der Waals surface area contributed by atoms with Crippen LogP contribution >= 0.6 is 27.3 Å². The van der Waals surface area contributed by atoms with Gasteiger partial charge in [-0.05, 0) is 30.7 Å². The largest absolute Gasteiger partial charge is 0.445 e. The molecule has 0 saturated carbocycles. The lowest BCUT2D eigenvalue weighted by molar-refractivity contribution is -0.138. The van der Waals surface area contributed by atoms with E-state index >= 15 is 0 Å². The number of aryl methyl sites for hydroxylation is 1. The van der Waals surface area contributed by atoms with Gasteiger partial charge in [0.15, 0.2) is 0 Å². The lowest BCUT2D eigenvalue weighted by Gasteiger charge is -2.05. The van der Waals surface area contributed by atoms with Crippen LogP contribution in [0.15, 0.2) is 22.7 Å². The Morgan fingerprint density at radius 2 is 2.00 bits per heavy atom. The normalized spacial score (nSPS) is 11.6. The molecule has 1 aromatic carbocycles. The maximum atomic E-state index is 12.3. The third-order valence-corrected chi connectivity index (χ3v) is 3.32. The Kier molecular flexibility index (Phi) is 3.58. The maximum Gasteiger partial charge on any atom is 0.445 e. The molecule has 0 N–H and O–H groups in total. The van der Waals surface area contributed by atoms with Crippen molar-refractivity contribution in [3.05, 3.63) is 33.2 Å². The van der Waals surface area contributed by atoms with Crippen molar-refractivity contribution in [1.82, 2.24) is 10.2 Å². The summed E-state index contributed by atoms with van der Waals surface area (Å²) in [6.45, 7) is 1.78. The fourth-order valence-electron chi connectivity index (χ4n) is 1.19. The van der Waals surface area contributed by atoms with Crippen molar-refractivity contribution >= 4 is 27.3 Å². The van der Waals surface area contributed by atoms with E-state index in [1.807, 2.05) is 0 Å². The van der Waals surface area contributed by atoms with E-state index in [0.29, 0.717) is 17.1 Å². The van der Waals surface area contributed by atoms with Gasteiger partial charge in [-0.15, -0.1) is 5.10 Å². The Morgan fingerprint density at radius 1 is 1.28 bits per heavy atom. The van der Waals surface area contributed by atoms with Crippen LogP contribution in [0.2, 0.25) is 0 Å². The van der Waals surface area contributed by atoms with E-state index in [1.165, 1.54) is 0 Å². The summed E-state index contributed by atoms with van der Waals surface area (Å²) in [6.07, 6.45) is -4.49. The molecule has 0 aliphatic rings. The van der Waals surface area contributed by atoms with Gasteiger partial charge in [0, 0.05) is 4.47 Å². The van der Waals surface area contributed by atoms with Gasteiger partial charge in [0.1, 0.15) is 5.75 Å². The molecule has 3 nitrogen and oxygen atoms in total. The van der Waals surface area contributed by atoms with Crippen molar-refractivity contribution in [2.24, 2.45) is 0 Å². The Labute approximate surface area is 113 Å². The number of hydrogen-bond acceptors (Lipinski definition) is 4. The number of aromatic nitrogens is 2. The topological polar surface area (TPSA) is 35.0 Å². The smallest absolute Gasteiger partial charge is 0.430 e. The summed E-state index contributed by atoms with van der Waals surface area (Å²) in [6, 6.07) is 5.17. The third-order valence-electron chi connectivity index (χ3n) is 1.98. The van der Waals surface area contributed by atoms with E-state index in [1.54, 1.807) is 25.1 Å². The molecule has 0 fully saturated rings. The zero-order chi connectivity index (χ0) is 13.3. The van der Waals surface area contributed by atoms with Crippen molar-refractivity contribution in [3.8, 4) is 10.9 Å². The molecule has 2 rings (SSSR count). The van der Waals surface area contributed by atoms with Gasteiger partial charge in [0.05, 0.1) is 0 Å². The standard InChI is InChI=1S/C10H6BrF3N2OS/c1-5-4-6(11)2-3-7(5)17-9-16-15-8(18-9)10(12,13)14/h2-4H,1H3. The van der Waals surface area contributed by atoms with Crippen LogP contribution < -0.4 is 4.74 Å². The number of ether oxygens (including phenoxy) is 1. The first-order valence-electron chi connectivity index (χ1n) is 4.71. The molecular weight excluding hydrogens is 333 g/mol. The highest BCUT2D eigenvalue weighted by atomic mass is 79.9. The molecule has 0 bridgehead atoms. The van der Waals surface area contributed by atoms with Crippen molar-refractivity contribution < 1.29 is 17.9 Å². The minimum atomic E-state index is -4.49. The highest BCUT2D eigenvalue weighted by Crippen LogP contribution is 2.36. The van der Waals surface area contributed by atoms with Gasteiger partial charge < -0.3 is 4.74 Å². The predicted molar refractivity (Wildman–Crippen MR) is 63.9 cm³/mol. The lowest BCUT2D eigenvalue weighted by atomic mass is 10.2. The van der Waals surface area contributed by atoms with Crippen LogP contribution in [0.1, 0.15) is 10.6 Å². The summed E-state index contributed by atoms with van der Waals surface area (Å²) >= 11 is 3.65. The second kappa shape index (κ2) is 4.85. The fourth-order valence-corrected chi connectivity index (χ4v) is 2.24. The second-order valence-corrected chi connectivity index (χ2v) is 5.24. The van der Waals surface area contributed by atoms with Crippen LogP contribution in [0.3, 0.4) is 0 Å². The van der Waals surface area contributed by atoms with Crippen LogP contribution in [0.4, 0.5) is 13.2 Å². The van der Waals surface area contributed by atoms with Crippen LogP contribution in [-0.4, -0.2) is 10.2 Å². The van der Waals surface area contributed by atoms with Crippen LogP contribution in [0.5, 0.6) is 10.9 Å². The molecule has 0 spiro atoms. The van der Waals surface area contributed by atoms with E-state index in [9.17, 15) is 13.2 Å². The zero-order valence-corrected chi connectivity index (χ0v) is 11.4. The number of rotatable bonds is 2. The molecule has 2 aromatic rings. The molecule has 0 atom stereocenters. The van der Waals surface area contributed by atoms with Gasteiger partial charge in [0.2, 0.25) is 5.01 Å². The van der Waals surface area contributed by atoms with Crippen molar-refractivity contribution in [3.63, 3.8) is 0 Å². The molecule has 0 amide bonds. The zero-order valence-electron chi connectivity index (χ0n) is 8.95. The number of hydrogen-bond donors (Lipinski definition) is 0. The quantitative estimate of drug-likeness (QED) is 0.812. The van der Waals surface area contributed by atoms with E-state index in [0.717, 1.165) is 10.0 Å². The van der Waals surface area contributed by atoms with Crippen LogP contribution in [0.25, 0.3) is 0 Å². The molecule has 0 aliphatic carbocycles. The van der Waals surface area contributed by atoms with Gasteiger partial charge in [-0.3, -0.25) is 0 Å². The molecule has 96 valence electrons. The lowest BCUT2D eigenvalue weighted by Crippen LogP contribution is -2.03. The first kappa shape index (κ1) is 13.3. The first-order chi connectivity index (χ1) is 8.36. The average Bonchev–Trinajstić information content (AvgIpc) is 2.70.